The van der Waals surface area contributed by atoms with E-state index in [-0.39, 0.29) is 16.7 Å². The van der Waals surface area contributed by atoms with E-state index < -0.39 is 35.5 Å². The summed E-state index contributed by atoms with van der Waals surface area (Å²) in [7, 11) is 0. The van der Waals surface area contributed by atoms with Crippen LogP contribution in [0.15, 0.2) is 54.6 Å². The molecule has 2 aromatic rings. The quantitative estimate of drug-likeness (QED) is 0.721. The van der Waals surface area contributed by atoms with E-state index in [1.54, 1.807) is 26.8 Å². The Balaban J connectivity index is 2.41. The Morgan fingerprint density at radius 2 is 1.34 bits per heavy atom. The van der Waals surface area contributed by atoms with Crippen molar-refractivity contribution in [2.45, 2.75) is 38.4 Å². The number of halogens is 2. The summed E-state index contributed by atoms with van der Waals surface area (Å²) < 4.78 is 38.7. The zero-order chi connectivity index (χ0) is 21.8. The number of aliphatic carboxylic acids is 1. The number of carbonyl (C=O) groups excluding carboxylic acids is 2. The third-order valence-corrected chi connectivity index (χ3v) is 3.71. The molecule has 1 N–H and O–H groups in total. The van der Waals surface area contributed by atoms with E-state index in [1.807, 2.05) is 0 Å². The molecule has 1 atom stereocenters. The van der Waals surface area contributed by atoms with Gasteiger partial charge in [0.05, 0.1) is 11.1 Å². The van der Waals surface area contributed by atoms with Gasteiger partial charge in [0, 0.05) is 0 Å². The molecule has 0 saturated carbocycles. The third-order valence-electron chi connectivity index (χ3n) is 3.71. The topological polar surface area (TPSA) is 89.9 Å². The largest absolute Gasteiger partial charge is 0.477 e. The van der Waals surface area contributed by atoms with Crippen LogP contribution >= 0.6 is 0 Å². The van der Waals surface area contributed by atoms with Gasteiger partial charge in [-0.2, -0.15) is 8.78 Å². The minimum atomic E-state index is -4.39. The van der Waals surface area contributed by atoms with Crippen LogP contribution in [0.3, 0.4) is 0 Å². The number of alkyl halides is 2. The van der Waals surface area contributed by atoms with Gasteiger partial charge in [-0.25, -0.2) is 14.4 Å². The first-order chi connectivity index (χ1) is 13.4. The van der Waals surface area contributed by atoms with Gasteiger partial charge >= 0.3 is 23.8 Å². The van der Waals surface area contributed by atoms with Gasteiger partial charge in [0.15, 0.2) is 0 Å². The molecule has 0 amide bonds. The summed E-state index contributed by atoms with van der Waals surface area (Å²) in [6.07, 6.45) is -2.39. The van der Waals surface area contributed by atoms with Crippen LogP contribution in [-0.2, 0) is 14.3 Å². The van der Waals surface area contributed by atoms with Crippen molar-refractivity contribution in [1.82, 2.24) is 0 Å². The zero-order valence-corrected chi connectivity index (χ0v) is 16.0. The van der Waals surface area contributed by atoms with Crippen LogP contribution in [0.25, 0.3) is 0 Å². The minimum Gasteiger partial charge on any atom is -0.477 e. The van der Waals surface area contributed by atoms with Crippen molar-refractivity contribution >= 4 is 17.9 Å². The van der Waals surface area contributed by atoms with Crippen LogP contribution in [0.5, 0.6) is 0 Å². The lowest BCUT2D eigenvalue weighted by atomic mass is 10.0. The first-order valence-corrected chi connectivity index (χ1v) is 8.63. The molecule has 154 valence electrons. The highest BCUT2D eigenvalue weighted by Gasteiger charge is 2.51. The molecule has 6 nitrogen and oxygen atoms in total. The maximum absolute atomic E-state index is 14.3. The number of carboxylic acids is 1. The van der Waals surface area contributed by atoms with Crippen molar-refractivity contribution in [3.05, 3.63) is 71.3 Å². The Labute approximate surface area is 166 Å². The number of hydrogen-bond donors (Lipinski definition) is 1. The molecular weight excluding hydrogens is 386 g/mol. The molecule has 29 heavy (non-hydrogen) atoms. The van der Waals surface area contributed by atoms with Gasteiger partial charge in [-0.3, -0.25) is 0 Å². The fraction of sp³-hybridized carbons (Fsp3) is 0.286. The van der Waals surface area contributed by atoms with E-state index in [0.717, 1.165) is 0 Å². The summed E-state index contributed by atoms with van der Waals surface area (Å²) in [6, 6.07) is 12.2. The van der Waals surface area contributed by atoms with Crippen molar-refractivity contribution in [3.63, 3.8) is 0 Å². The van der Waals surface area contributed by atoms with Crippen LogP contribution < -0.4 is 0 Å². The van der Waals surface area contributed by atoms with Crippen molar-refractivity contribution < 1.29 is 37.7 Å². The van der Waals surface area contributed by atoms with E-state index in [2.05, 4.69) is 0 Å². The second kappa shape index (κ2) is 8.38. The molecule has 0 aromatic heterocycles. The summed E-state index contributed by atoms with van der Waals surface area (Å²) in [5.41, 5.74) is -1.55. The Kier molecular flexibility index (Phi) is 6.36. The van der Waals surface area contributed by atoms with E-state index in [4.69, 9.17) is 14.6 Å². The minimum absolute atomic E-state index is 0.183. The predicted molar refractivity (Wildman–Crippen MR) is 98.8 cm³/mol. The molecule has 2 rings (SSSR count). The van der Waals surface area contributed by atoms with Crippen molar-refractivity contribution in [1.29, 1.82) is 0 Å². The second-order valence-corrected chi connectivity index (χ2v) is 7.17. The monoisotopic (exact) mass is 406 g/mol. The molecule has 8 heteroatoms. The SMILES string of the molecule is CC(C)(C)OC(=O)c1ccccc1C(=O)OC(c1ccccc1)C(F)(F)C(=O)O. The Bertz CT molecular complexity index is 903. The molecule has 0 fully saturated rings. The highest BCUT2D eigenvalue weighted by Crippen LogP contribution is 2.36. The highest BCUT2D eigenvalue weighted by atomic mass is 19.3. The third kappa shape index (κ3) is 5.37. The Hall–Kier alpha value is -3.29. The zero-order valence-electron chi connectivity index (χ0n) is 16.0. The molecule has 0 aliphatic rings. The van der Waals surface area contributed by atoms with Crippen molar-refractivity contribution in [2.75, 3.05) is 0 Å². The van der Waals surface area contributed by atoms with E-state index in [9.17, 15) is 23.2 Å². The van der Waals surface area contributed by atoms with Gasteiger partial charge < -0.3 is 14.6 Å². The summed E-state index contributed by atoms with van der Waals surface area (Å²) in [5, 5.41) is 8.91. The van der Waals surface area contributed by atoms with Gasteiger partial charge in [-0.05, 0) is 38.5 Å². The molecule has 1 unspecified atom stereocenters. The van der Waals surface area contributed by atoms with Crippen LogP contribution in [-0.4, -0.2) is 34.5 Å². The number of benzene rings is 2. The smallest absolute Gasteiger partial charge is 0.382 e. The molecule has 0 saturated heterocycles. The number of hydrogen-bond acceptors (Lipinski definition) is 5. The van der Waals surface area contributed by atoms with Gasteiger partial charge in [0.25, 0.3) is 0 Å². The van der Waals surface area contributed by atoms with Crippen LogP contribution in [0.4, 0.5) is 8.78 Å². The maximum Gasteiger partial charge on any atom is 0.382 e. The Morgan fingerprint density at radius 3 is 1.83 bits per heavy atom. The summed E-state index contributed by atoms with van der Waals surface area (Å²) in [4.78, 5) is 36.1. The summed E-state index contributed by atoms with van der Waals surface area (Å²) in [6.45, 7) is 4.89. The fourth-order valence-electron chi connectivity index (χ4n) is 2.43. The first-order valence-electron chi connectivity index (χ1n) is 8.63. The number of ether oxygens (including phenoxy) is 2. The van der Waals surface area contributed by atoms with Crippen LogP contribution in [0.2, 0.25) is 0 Å². The number of rotatable bonds is 6. The van der Waals surface area contributed by atoms with Crippen molar-refractivity contribution in [2.24, 2.45) is 0 Å². The number of esters is 2. The van der Waals surface area contributed by atoms with Crippen LogP contribution in [0.1, 0.15) is 53.2 Å². The molecule has 0 radical (unpaired) electrons. The van der Waals surface area contributed by atoms with E-state index in [0.29, 0.717) is 0 Å². The van der Waals surface area contributed by atoms with Gasteiger partial charge in [0.2, 0.25) is 6.10 Å². The maximum atomic E-state index is 14.3. The molecule has 0 spiro atoms. The van der Waals surface area contributed by atoms with Gasteiger partial charge in [-0.15, -0.1) is 0 Å². The lowest BCUT2D eigenvalue weighted by molar-refractivity contribution is -0.183. The lowest BCUT2D eigenvalue weighted by Gasteiger charge is -2.24. The molecule has 2 aromatic carbocycles. The van der Waals surface area contributed by atoms with Gasteiger partial charge in [0.1, 0.15) is 5.60 Å². The first kappa shape index (κ1) is 22.0. The molecule has 0 aliphatic heterocycles. The molecule has 0 aliphatic carbocycles. The number of carboxylic acid groups (broad SMARTS) is 1. The molecule has 0 heterocycles. The summed E-state index contributed by atoms with van der Waals surface area (Å²) >= 11 is 0. The average molecular weight is 406 g/mol. The normalized spacial score (nSPS) is 12.7. The summed E-state index contributed by atoms with van der Waals surface area (Å²) in [5.74, 6) is -8.95. The predicted octanol–water partition coefficient (Wildman–Crippen LogP) is 4.26. The standard InChI is InChI=1S/C21H20F2O6/c1-20(2,3)29-18(25)15-12-8-7-11-14(15)17(24)28-16(21(22,23)19(26)27)13-9-5-4-6-10-13/h4-12,16H,1-3H3,(H,26,27). The average Bonchev–Trinajstić information content (AvgIpc) is 2.65. The van der Waals surface area contributed by atoms with E-state index in [1.165, 1.54) is 48.5 Å². The lowest BCUT2D eigenvalue weighted by Crippen LogP contribution is -2.38. The second-order valence-electron chi connectivity index (χ2n) is 7.17. The fourth-order valence-corrected chi connectivity index (χ4v) is 2.43. The highest BCUT2D eigenvalue weighted by molar-refractivity contribution is 6.03. The molecular formula is C21H20F2O6. The van der Waals surface area contributed by atoms with Crippen molar-refractivity contribution in [3.8, 4) is 0 Å². The van der Waals surface area contributed by atoms with E-state index >= 15 is 0 Å². The molecule has 0 bridgehead atoms. The Morgan fingerprint density at radius 1 is 0.862 bits per heavy atom. The number of carbonyl (C=O) groups is 3. The van der Waals surface area contributed by atoms with Gasteiger partial charge in [-0.1, -0.05) is 42.5 Å². The van der Waals surface area contributed by atoms with Crippen LogP contribution in [0, 0.1) is 0 Å².